The molecule has 2 atom stereocenters. The molecular weight excluding hydrogens is 165 g/mol. The van der Waals surface area contributed by atoms with Crippen molar-refractivity contribution in [1.29, 1.82) is 0 Å². The molecule has 0 aromatic rings. The highest BCUT2D eigenvalue weighted by Gasteiger charge is 2.20. The fraction of sp³-hybridized carbons (Fsp3) is 1.00. The van der Waals surface area contributed by atoms with E-state index in [-0.39, 0.29) is 12.4 Å². The van der Waals surface area contributed by atoms with E-state index in [2.05, 4.69) is 0 Å². The fourth-order valence-electron chi connectivity index (χ4n) is 1.72. The van der Waals surface area contributed by atoms with Crippen LogP contribution in [0, 0.1) is 5.92 Å². The third-order valence-corrected chi connectivity index (χ3v) is 2.29. The van der Waals surface area contributed by atoms with Gasteiger partial charge in [0.2, 0.25) is 0 Å². The highest BCUT2D eigenvalue weighted by molar-refractivity contribution is 5.85. The van der Waals surface area contributed by atoms with Crippen molar-refractivity contribution >= 4 is 12.4 Å². The normalized spacial score (nSPS) is 31.1. The quantitative estimate of drug-likeness (QED) is 0.695. The van der Waals surface area contributed by atoms with Crippen molar-refractivity contribution in [2.24, 2.45) is 11.7 Å². The zero-order chi connectivity index (χ0) is 7.40. The van der Waals surface area contributed by atoms with Gasteiger partial charge in [-0.1, -0.05) is 12.8 Å². The van der Waals surface area contributed by atoms with Crippen molar-refractivity contribution in [3.63, 3.8) is 0 Å². The molecule has 11 heavy (non-hydrogen) atoms. The van der Waals surface area contributed by atoms with E-state index in [1.165, 1.54) is 6.42 Å². The monoisotopic (exact) mass is 181 g/mol. The lowest BCUT2D eigenvalue weighted by Crippen LogP contribution is -2.18. The maximum absolute atomic E-state index is 12.7. The van der Waals surface area contributed by atoms with Gasteiger partial charge in [-0.05, 0) is 31.7 Å². The third kappa shape index (κ3) is 3.92. The van der Waals surface area contributed by atoms with Gasteiger partial charge < -0.3 is 5.73 Å². The van der Waals surface area contributed by atoms with Crippen LogP contribution in [-0.2, 0) is 0 Å². The van der Waals surface area contributed by atoms with Gasteiger partial charge in [0.15, 0.2) is 0 Å². The summed E-state index contributed by atoms with van der Waals surface area (Å²) in [5.74, 6) is 0.578. The van der Waals surface area contributed by atoms with Crippen LogP contribution >= 0.6 is 12.4 Å². The molecule has 1 saturated carbocycles. The second-order valence-electron chi connectivity index (χ2n) is 3.21. The molecule has 0 spiro atoms. The van der Waals surface area contributed by atoms with E-state index in [0.29, 0.717) is 5.92 Å². The first-order valence-electron chi connectivity index (χ1n) is 4.17. The van der Waals surface area contributed by atoms with Crippen LogP contribution < -0.4 is 5.73 Å². The number of hydrogen-bond donors (Lipinski definition) is 1. The summed E-state index contributed by atoms with van der Waals surface area (Å²) in [6, 6.07) is 0. The van der Waals surface area contributed by atoms with Gasteiger partial charge in [0.05, 0.1) is 0 Å². The minimum absolute atomic E-state index is 0. The summed E-state index contributed by atoms with van der Waals surface area (Å²) in [5.41, 5.74) is 5.38. The summed E-state index contributed by atoms with van der Waals surface area (Å²) in [6.07, 6.45) is 4.27. The molecule has 0 aromatic carbocycles. The maximum atomic E-state index is 12.7. The Morgan fingerprint density at radius 1 is 1.36 bits per heavy atom. The summed E-state index contributed by atoms with van der Waals surface area (Å²) in [6.45, 7) is 0.720. The number of rotatable bonds is 2. The van der Waals surface area contributed by atoms with Crippen molar-refractivity contribution in [2.45, 2.75) is 38.3 Å². The van der Waals surface area contributed by atoms with Crippen molar-refractivity contribution in [2.75, 3.05) is 6.54 Å². The third-order valence-electron chi connectivity index (χ3n) is 2.29. The Kier molecular flexibility index (Phi) is 5.88. The Bertz CT molecular complexity index is 98.1. The van der Waals surface area contributed by atoms with Crippen LogP contribution in [0.1, 0.15) is 32.1 Å². The topological polar surface area (TPSA) is 26.0 Å². The van der Waals surface area contributed by atoms with E-state index in [1.54, 1.807) is 0 Å². The van der Waals surface area contributed by atoms with Gasteiger partial charge in [-0.3, -0.25) is 0 Å². The summed E-state index contributed by atoms with van der Waals surface area (Å²) in [5, 5.41) is 0. The van der Waals surface area contributed by atoms with Crippen LogP contribution in [0.3, 0.4) is 0 Å². The molecule has 0 amide bonds. The SMILES string of the molecule is Cl.NCCC1CCCC(F)C1. The predicted octanol–water partition coefficient (Wildman–Crippen LogP) is 2.29. The first-order chi connectivity index (χ1) is 4.83. The minimum Gasteiger partial charge on any atom is -0.330 e. The van der Waals surface area contributed by atoms with E-state index >= 15 is 0 Å². The molecule has 0 aromatic heterocycles. The highest BCUT2D eigenvalue weighted by atomic mass is 35.5. The summed E-state index contributed by atoms with van der Waals surface area (Å²) >= 11 is 0. The molecule has 0 radical (unpaired) electrons. The van der Waals surface area contributed by atoms with E-state index < -0.39 is 6.17 Å². The Balaban J connectivity index is 0.000001000. The minimum atomic E-state index is -0.537. The average Bonchev–Trinajstić information content (AvgIpc) is 1.88. The van der Waals surface area contributed by atoms with Gasteiger partial charge >= 0.3 is 0 Å². The molecule has 3 heteroatoms. The van der Waals surface area contributed by atoms with Gasteiger partial charge in [0.25, 0.3) is 0 Å². The molecule has 0 saturated heterocycles. The van der Waals surface area contributed by atoms with E-state index in [0.717, 1.165) is 32.2 Å². The Morgan fingerprint density at radius 2 is 2.09 bits per heavy atom. The average molecular weight is 182 g/mol. The van der Waals surface area contributed by atoms with Crippen molar-refractivity contribution in [3.8, 4) is 0 Å². The molecule has 0 aliphatic heterocycles. The maximum Gasteiger partial charge on any atom is 0.100 e. The van der Waals surface area contributed by atoms with Crippen LogP contribution in [0.2, 0.25) is 0 Å². The Morgan fingerprint density at radius 3 is 2.64 bits per heavy atom. The van der Waals surface area contributed by atoms with Gasteiger partial charge in [0.1, 0.15) is 6.17 Å². The molecule has 1 rings (SSSR count). The molecule has 2 unspecified atom stereocenters. The lowest BCUT2D eigenvalue weighted by Gasteiger charge is -2.23. The first-order valence-corrected chi connectivity index (χ1v) is 4.17. The van der Waals surface area contributed by atoms with Crippen molar-refractivity contribution < 1.29 is 4.39 Å². The second-order valence-corrected chi connectivity index (χ2v) is 3.21. The summed E-state index contributed by atoms with van der Waals surface area (Å²) in [7, 11) is 0. The van der Waals surface area contributed by atoms with E-state index in [4.69, 9.17) is 5.73 Å². The zero-order valence-electron chi connectivity index (χ0n) is 6.76. The summed E-state index contributed by atoms with van der Waals surface area (Å²) < 4.78 is 12.7. The van der Waals surface area contributed by atoms with E-state index in [9.17, 15) is 4.39 Å². The van der Waals surface area contributed by atoms with Crippen LogP contribution in [0.5, 0.6) is 0 Å². The van der Waals surface area contributed by atoms with Crippen molar-refractivity contribution in [3.05, 3.63) is 0 Å². The Labute approximate surface area is 73.9 Å². The summed E-state index contributed by atoms with van der Waals surface area (Å²) in [4.78, 5) is 0. The number of alkyl halides is 1. The van der Waals surface area contributed by atoms with Gasteiger partial charge in [-0.15, -0.1) is 12.4 Å². The fourth-order valence-corrected chi connectivity index (χ4v) is 1.72. The molecule has 1 fully saturated rings. The van der Waals surface area contributed by atoms with Gasteiger partial charge in [0, 0.05) is 0 Å². The van der Waals surface area contributed by atoms with Crippen LogP contribution in [0.4, 0.5) is 4.39 Å². The molecule has 68 valence electrons. The van der Waals surface area contributed by atoms with Crippen LogP contribution in [-0.4, -0.2) is 12.7 Å². The molecule has 0 heterocycles. The lowest BCUT2D eigenvalue weighted by atomic mass is 9.86. The molecule has 0 bridgehead atoms. The van der Waals surface area contributed by atoms with Gasteiger partial charge in [-0.25, -0.2) is 4.39 Å². The molecule has 1 aliphatic rings. The number of halogens is 2. The molecular formula is C8H17ClFN. The highest BCUT2D eigenvalue weighted by Crippen LogP contribution is 2.27. The number of hydrogen-bond acceptors (Lipinski definition) is 1. The standard InChI is InChI=1S/C8H16FN.ClH/c9-8-3-1-2-7(6-8)4-5-10;/h7-8H,1-6,10H2;1H. The lowest BCUT2D eigenvalue weighted by molar-refractivity contribution is 0.193. The predicted molar refractivity (Wildman–Crippen MR) is 47.8 cm³/mol. The van der Waals surface area contributed by atoms with E-state index in [1.807, 2.05) is 0 Å². The Hall–Kier alpha value is 0.180. The smallest absolute Gasteiger partial charge is 0.100 e. The largest absolute Gasteiger partial charge is 0.330 e. The number of nitrogens with two attached hydrogens (primary N) is 1. The van der Waals surface area contributed by atoms with Crippen LogP contribution in [0.25, 0.3) is 0 Å². The molecule has 1 aliphatic carbocycles. The molecule has 1 nitrogen and oxygen atoms in total. The zero-order valence-corrected chi connectivity index (χ0v) is 7.58. The molecule has 2 N–H and O–H groups in total. The van der Waals surface area contributed by atoms with Gasteiger partial charge in [-0.2, -0.15) is 0 Å². The second kappa shape index (κ2) is 5.78. The first kappa shape index (κ1) is 11.2. The van der Waals surface area contributed by atoms with Crippen molar-refractivity contribution in [1.82, 2.24) is 0 Å². The van der Waals surface area contributed by atoms with Crippen LogP contribution in [0.15, 0.2) is 0 Å².